The van der Waals surface area contributed by atoms with Crippen LogP contribution >= 0.6 is 0 Å². The van der Waals surface area contributed by atoms with Gasteiger partial charge in [0.1, 0.15) is 13.2 Å². The zero-order valence-electron chi connectivity index (χ0n) is 19.3. The first-order chi connectivity index (χ1) is 17.9. The average Bonchev–Trinajstić information content (AvgIpc) is 2.92. The quantitative estimate of drug-likeness (QED) is 0.103. The zero-order chi connectivity index (χ0) is 26.2. The molecule has 0 saturated heterocycles. The molecule has 0 unspecified atom stereocenters. The molecule has 0 aliphatic carbocycles. The third-order valence-electron chi connectivity index (χ3n) is 5.19. The Morgan fingerprint density at radius 3 is 1.65 bits per heavy atom. The fourth-order valence-electron chi connectivity index (χ4n) is 3.33. The fourth-order valence-corrected chi connectivity index (χ4v) is 3.33. The maximum atomic E-state index is 13.2. The molecule has 0 atom stereocenters. The highest BCUT2D eigenvalue weighted by atomic mass is 16.6. The highest BCUT2D eigenvalue weighted by Gasteiger charge is 2.22. The van der Waals surface area contributed by atoms with E-state index >= 15 is 0 Å². The molecular weight excluding hydrogens is 480 g/mol. The van der Waals surface area contributed by atoms with Gasteiger partial charge in [-0.05, 0) is 28.1 Å². The number of nitrogens with zero attached hydrogens (tertiary/aromatic N) is 4. The Labute approximate surface area is 210 Å². The Bertz CT molecular complexity index is 1440. The van der Waals surface area contributed by atoms with Crippen molar-refractivity contribution in [2.24, 2.45) is 5.11 Å². The van der Waals surface area contributed by atoms with E-state index in [1.54, 1.807) is 0 Å². The minimum atomic E-state index is -0.653. The lowest BCUT2D eigenvalue weighted by Crippen LogP contribution is -2.01. The molecule has 0 spiro atoms. The van der Waals surface area contributed by atoms with Gasteiger partial charge in [-0.25, -0.2) is 0 Å². The van der Waals surface area contributed by atoms with Gasteiger partial charge in [-0.1, -0.05) is 60.7 Å². The van der Waals surface area contributed by atoms with Gasteiger partial charge in [0.05, 0.1) is 22.0 Å². The van der Waals surface area contributed by atoms with Crippen molar-refractivity contribution < 1.29 is 24.2 Å². The molecule has 0 radical (unpaired) electrons. The number of non-ortho nitro benzene ring substituents is 2. The van der Waals surface area contributed by atoms with Crippen LogP contribution in [0.25, 0.3) is 0 Å². The summed E-state index contributed by atoms with van der Waals surface area (Å²) in [5, 5.41) is 39.8. The Morgan fingerprint density at radius 1 is 0.622 bits per heavy atom. The Balaban J connectivity index is 1.70. The molecular formula is C26H20N4O7. The second kappa shape index (κ2) is 11.4. The van der Waals surface area contributed by atoms with E-state index in [0.717, 1.165) is 23.3 Å². The molecule has 0 aromatic heterocycles. The lowest BCUT2D eigenvalue weighted by Gasteiger charge is -2.10. The third-order valence-corrected chi connectivity index (χ3v) is 5.19. The van der Waals surface area contributed by atoms with E-state index in [9.17, 15) is 25.4 Å². The van der Waals surface area contributed by atoms with Crippen LogP contribution in [0, 0.1) is 25.4 Å². The molecule has 11 heteroatoms. The molecule has 4 rings (SSSR count). The van der Waals surface area contributed by atoms with Crippen LogP contribution in [0.15, 0.2) is 102 Å². The van der Waals surface area contributed by atoms with Gasteiger partial charge in [-0.15, -0.1) is 0 Å². The lowest BCUT2D eigenvalue weighted by molar-refractivity contribution is -0.437. The van der Waals surface area contributed by atoms with Gasteiger partial charge in [0.2, 0.25) is 0 Å². The van der Waals surface area contributed by atoms with Crippen LogP contribution in [-0.2, 0) is 13.2 Å². The van der Waals surface area contributed by atoms with E-state index in [2.05, 4.69) is 5.11 Å². The van der Waals surface area contributed by atoms with Crippen molar-refractivity contribution >= 4 is 22.7 Å². The molecule has 4 aromatic rings. The maximum Gasteiger partial charge on any atom is 0.293 e. The van der Waals surface area contributed by atoms with Crippen LogP contribution in [0.4, 0.5) is 22.7 Å². The molecule has 0 aliphatic rings. The Hall–Kier alpha value is -5.32. The number of benzene rings is 4. The van der Waals surface area contributed by atoms with E-state index in [4.69, 9.17) is 9.47 Å². The second-order valence-electron chi connectivity index (χ2n) is 7.74. The smallest absolute Gasteiger partial charge is 0.293 e. The number of rotatable bonds is 10. The van der Waals surface area contributed by atoms with Crippen LogP contribution in [0.3, 0.4) is 0 Å². The largest absolute Gasteiger partial charge is 0.594 e. The molecule has 0 aliphatic heterocycles. The van der Waals surface area contributed by atoms with E-state index in [1.165, 1.54) is 24.3 Å². The summed E-state index contributed by atoms with van der Waals surface area (Å²) in [5.74, 6) is 0.165. The summed E-state index contributed by atoms with van der Waals surface area (Å²) in [6, 6.07) is 25.5. The first-order valence-corrected chi connectivity index (χ1v) is 11.0. The van der Waals surface area contributed by atoms with Crippen LogP contribution in [-0.4, -0.2) is 14.7 Å². The highest BCUT2D eigenvalue weighted by Crippen LogP contribution is 2.36. The Morgan fingerprint density at radius 2 is 1.11 bits per heavy atom. The number of azo groups is 1. The summed E-state index contributed by atoms with van der Waals surface area (Å²) < 4.78 is 11.5. The average molecular weight is 500 g/mol. The summed E-state index contributed by atoms with van der Waals surface area (Å²) in [6.07, 6.45) is 0. The van der Waals surface area contributed by atoms with Crippen LogP contribution in [0.1, 0.15) is 11.1 Å². The van der Waals surface area contributed by atoms with Gasteiger partial charge in [0.25, 0.3) is 17.1 Å². The van der Waals surface area contributed by atoms with Crippen molar-refractivity contribution in [2.45, 2.75) is 13.2 Å². The van der Waals surface area contributed by atoms with Crippen molar-refractivity contribution in [1.29, 1.82) is 0 Å². The topological polar surface area (TPSA) is 143 Å². The standard InChI is InChI=1S/C26H20N4O7/c31-28(24-16-22(30(34)35)12-14-26(24)37-18-20-9-5-2-6-10-20)27-23-15-21(29(32)33)11-13-25(23)36-17-19-7-3-1-4-8-19/h1-16H,17-18H2. The first-order valence-electron chi connectivity index (χ1n) is 11.0. The SMILES string of the molecule is O=[N+]([O-])c1ccc(OCc2ccccc2)c(N=[N+]([O-])c2cc([N+](=O)[O-])ccc2OCc2ccccc2)c1. The molecule has 0 amide bonds. The van der Waals surface area contributed by atoms with E-state index in [0.29, 0.717) is 0 Å². The molecule has 0 bridgehead atoms. The second-order valence-corrected chi connectivity index (χ2v) is 7.74. The van der Waals surface area contributed by atoms with E-state index in [1.807, 2.05) is 60.7 Å². The summed E-state index contributed by atoms with van der Waals surface area (Å²) in [6.45, 7) is 0.226. The molecule has 0 fully saturated rings. The molecule has 11 nitrogen and oxygen atoms in total. The molecule has 37 heavy (non-hydrogen) atoms. The summed E-state index contributed by atoms with van der Waals surface area (Å²) >= 11 is 0. The van der Waals surface area contributed by atoms with Crippen LogP contribution in [0.5, 0.6) is 11.5 Å². The number of hydrogen-bond acceptors (Lipinski definition) is 8. The first kappa shape index (κ1) is 24.8. The third kappa shape index (κ3) is 6.42. The number of ether oxygens (including phenoxy) is 2. The fraction of sp³-hybridized carbons (Fsp3) is 0.0769. The monoisotopic (exact) mass is 500 g/mol. The lowest BCUT2D eigenvalue weighted by atomic mass is 10.2. The summed E-state index contributed by atoms with van der Waals surface area (Å²) in [5.41, 5.74) is 0.625. The normalized spacial score (nSPS) is 11.1. The molecule has 0 N–H and O–H groups in total. The predicted molar refractivity (Wildman–Crippen MR) is 133 cm³/mol. The molecule has 186 valence electrons. The Kier molecular flexibility index (Phi) is 7.64. The van der Waals surface area contributed by atoms with Gasteiger partial charge in [0.15, 0.2) is 17.2 Å². The number of nitro groups is 2. The van der Waals surface area contributed by atoms with Crippen molar-refractivity contribution in [3.63, 3.8) is 0 Å². The molecule has 4 aromatic carbocycles. The predicted octanol–water partition coefficient (Wildman–Crippen LogP) is 6.59. The van der Waals surface area contributed by atoms with Gasteiger partial charge < -0.3 is 14.7 Å². The molecule has 0 saturated carbocycles. The number of nitro benzene ring substituents is 2. The maximum absolute atomic E-state index is 13.2. The van der Waals surface area contributed by atoms with Gasteiger partial charge in [0, 0.05) is 17.2 Å². The van der Waals surface area contributed by atoms with E-state index < -0.39 is 9.85 Å². The van der Waals surface area contributed by atoms with E-state index in [-0.39, 0.29) is 52.3 Å². The molecule has 0 heterocycles. The summed E-state index contributed by atoms with van der Waals surface area (Å²) in [7, 11) is 0. The summed E-state index contributed by atoms with van der Waals surface area (Å²) in [4.78, 5) is 21.5. The van der Waals surface area contributed by atoms with Crippen LogP contribution < -0.4 is 9.47 Å². The van der Waals surface area contributed by atoms with Crippen molar-refractivity contribution in [1.82, 2.24) is 0 Å². The van der Waals surface area contributed by atoms with Crippen LogP contribution in [0.2, 0.25) is 0 Å². The highest BCUT2D eigenvalue weighted by molar-refractivity contribution is 5.58. The van der Waals surface area contributed by atoms with Gasteiger partial charge in [-0.3, -0.25) is 20.2 Å². The van der Waals surface area contributed by atoms with Gasteiger partial charge in [-0.2, -0.15) is 0 Å². The minimum Gasteiger partial charge on any atom is -0.594 e. The van der Waals surface area contributed by atoms with Crippen molar-refractivity contribution in [3.05, 3.63) is 134 Å². The minimum absolute atomic E-state index is 0.0467. The number of hydrogen-bond donors (Lipinski definition) is 0. The zero-order valence-corrected chi connectivity index (χ0v) is 19.3. The van der Waals surface area contributed by atoms with Gasteiger partial charge >= 0.3 is 0 Å². The van der Waals surface area contributed by atoms with Crippen molar-refractivity contribution in [3.8, 4) is 11.5 Å². The van der Waals surface area contributed by atoms with Crippen molar-refractivity contribution in [2.75, 3.05) is 0 Å².